The van der Waals surface area contributed by atoms with Crippen molar-refractivity contribution in [3.05, 3.63) is 23.8 Å². The first-order valence-corrected chi connectivity index (χ1v) is 6.15. The Morgan fingerprint density at radius 2 is 2.24 bits per heavy atom. The average molecular weight is 230 g/mol. The molecular formula is C14H18N2O. The molecule has 0 radical (unpaired) electrons. The van der Waals surface area contributed by atoms with E-state index in [1.54, 1.807) is 12.1 Å². The largest absolute Gasteiger partial charge is 0.490 e. The minimum absolute atomic E-state index is 0.286. The van der Waals surface area contributed by atoms with E-state index in [0.717, 1.165) is 24.5 Å². The van der Waals surface area contributed by atoms with E-state index in [-0.39, 0.29) is 6.10 Å². The number of nitrogens with two attached hydrogens (primary N) is 1. The Morgan fingerprint density at radius 1 is 1.41 bits per heavy atom. The molecule has 0 saturated heterocycles. The summed E-state index contributed by atoms with van der Waals surface area (Å²) in [7, 11) is 0. The molecule has 1 saturated carbocycles. The van der Waals surface area contributed by atoms with Gasteiger partial charge in [0.25, 0.3) is 0 Å². The molecular weight excluding hydrogens is 212 g/mol. The number of ether oxygens (including phenoxy) is 1. The molecule has 1 aliphatic carbocycles. The molecule has 1 aliphatic rings. The van der Waals surface area contributed by atoms with Gasteiger partial charge < -0.3 is 10.5 Å². The maximum Gasteiger partial charge on any atom is 0.121 e. The van der Waals surface area contributed by atoms with Gasteiger partial charge in [-0.1, -0.05) is 13.3 Å². The minimum Gasteiger partial charge on any atom is -0.490 e. The third kappa shape index (κ3) is 2.91. The second-order valence-corrected chi connectivity index (χ2v) is 4.87. The molecule has 0 bridgehead atoms. The van der Waals surface area contributed by atoms with Gasteiger partial charge in [-0.15, -0.1) is 0 Å². The summed E-state index contributed by atoms with van der Waals surface area (Å²) in [4.78, 5) is 0. The number of nitriles is 1. The van der Waals surface area contributed by atoms with Gasteiger partial charge in [0, 0.05) is 5.69 Å². The summed E-state index contributed by atoms with van der Waals surface area (Å²) in [6.07, 6.45) is 5.02. The van der Waals surface area contributed by atoms with Crippen LogP contribution in [0.1, 0.15) is 38.2 Å². The summed E-state index contributed by atoms with van der Waals surface area (Å²) in [5.41, 5.74) is 6.68. The zero-order chi connectivity index (χ0) is 12.3. The number of rotatable bonds is 2. The lowest BCUT2D eigenvalue weighted by molar-refractivity contribution is 0.129. The van der Waals surface area contributed by atoms with E-state index in [2.05, 4.69) is 13.0 Å². The second kappa shape index (κ2) is 5.09. The molecule has 0 aromatic heterocycles. The molecule has 2 atom stereocenters. The molecule has 2 rings (SSSR count). The summed E-state index contributed by atoms with van der Waals surface area (Å²) in [6.45, 7) is 2.26. The van der Waals surface area contributed by atoms with Crippen LogP contribution in [0.4, 0.5) is 5.69 Å². The molecule has 1 fully saturated rings. The number of nitrogens with zero attached hydrogens (tertiary/aromatic N) is 1. The fourth-order valence-electron chi connectivity index (χ4n) is 2.38. The Morgan fingerprint density at radius 3 is 2.94 bits per heavy atom. The maximum absolute atomic E-state index is 8.91. The van der Waals surface area contributed by atoms with E-state index < -0.39 is 0 Å². The third-order valence-corrected chi connectivity index (χ3v) is 3.34. The first-order chi connectivity index (χ1) is 8.19. The standard InChI is InChI=1S/C14H18N2O/c1-10-3-2-4-12(7-10)17-13-5-6-14(16)11(8-13)9-15/h5-6,8,10,12H,2-4,7,16H2,1H3. The van der Waals surface area contributed by atoms with E-state index in [9.17, 15) is 0 Å². The highest BCUT2D eigenvalue weighted by Gasteiger charge is 2.20. The normalized spacial score (nSPS) is 24.0. The van der Waals surface area contributed by atoms with Gasteiger partial charge in [0.1, 0.15) is 11.8 Å². The number of nitrogen functional groups attached to an aromatic ring is 1. The van der Waals surface area contributed by atoms with Crippen LogP contribution in [0.3, 0.4) is 0 Å². The first kappa shape index (κ1) is 11.8. The Hall–Kier alpha value is -1.69. The van der Waals surface area contributed by atoms with Crippen molar-refractivity contribution in [1.82, 2.24) is 0 Å². The monoisotopic (exact) mass is 230 g/mol. The van der Waals surface area contributed by atoms with E-state index in [4.69, 9.17) is 15.7 Å². The average Bonchev–Trinajstić information content (AvgIpc) is 2.32. The molecule has 3 heteroatoms. The van der Waals surface area contributed by atoms with Crippen molar-refractivity contribution in [3.8, 4) is 11.8 Å². The summed E-state index contributed by atoms with van der Waals surface area (Å²) in [5, 5.41) is 8.91. The van der Waals surface area contributed by atoms with Crippen LogP contribution in [-0.2, 0) is 0 Å². The quantitative estimate of drug-likeness (QED) is 0.794. The van der Waals surface area contributed by atoms with Gasteiger partial charge in [-0.25, -0.2) is 0 Å². The molecule has 1 aromatic carbocycles. The van der Waals surface area contributed by atoms with Crippen LogP contribution in [0.15, 0.2) is 18.2 Å². The van der Waals surface area contributed by atoms with Crippen molar-refractivity contribution in [2.24, 2.45) is 5.92 Å². The Labute approximate surface area is 102 Å². The predicted octanol–water partition coefficient (Wildman–Crippen LogP) is 3.10. The second-order valence-electron chi connectivity index (χ2n) is 4.87. The van der Waals surface area contributed by atoms with Crippen molar-refractivity contribution in [1.29, 1.82) is 5.26 Å². The molecule has 2 N–H and O–H groups in total. The predicted molar refractivity (Wildman–Crippen MR) is 67.6 cm³/mol. The van der Waals surface area contributed by atoms with Gasteiger partial charge in [0.05, 0.1) is 11.7 Å². The molecule has 3 nitrogen and oxygen atoms in total. The topological polar surface area (TPSA) is 59.0 Å². The van der Waals surface area contributed by atoms with Crippen LogP contribution >= 0.6 is 0 Å². The molecule has 0 aliphatic heterocycles. The number of hydrogen-bond donors (Lipinski definition) is 1. The third-order valence-electron chi connectivity index (χ3n) is 3.34. The lowest BCUT2D eigenvalue weighted by atomic mass is 9.89. The lowest BCUT2D eigenvalue weighted by Crippen LogP contribution is -2.24. The summed E-state index contributed by atoms with van der Waals surface area (Å²) < 4.78 is 5.92. The van der Waals surface area contributed by atoms with Crippen molar-refractivity contribution >= 4 is 5.69 Å². The molecule has 17 heavy (non-hydrogen) atoms. The zero-order valence-electron chi connectivity index (χ0n) is 10.1. The summed E-state index contributed by atoms with van der Waals surface area (Å²) in [6, 6.07) is 7.39. The highest BCUT2D eigenvalue weighted by Crippen LogP contribution is 2.28. The summed E-state index contributed by atoms with van der Waals surface area (Å²) in [5.74, 6) is 1.49. The van der Waals surface area contributed by atoms with Gasteiger partial charge in [0.15, 0.2) is 0 Å². The maximum atomic E-state index is 8.91. The number of hydrogen-bond acceptors (Lipinski definition) is 3. The SMILES string of the molecule is CC1CCCC(Oc2ccc(N)c(C#N)c2)C1. The van der Waals surface area contributed by atoms with E-state index in [0.29, 0.717) is 11.3 Å². The minimum atomic E-state index is 0.286. The Bertz CT molecular complexity index is 436. The van der Waals surface area contributed by atoms with Crippen molar-refractivity contribution in [2.75, 3.05) is 5.73 Å². The summed E-state index contributed by atoms with van der Waals surface area (Å²) >= 11 is 0. The zero-order valence-corrected chi connectivity index (χ0v) is 10.1. The fraction of sp³-hybridized carbons (Fsp3) is 0.500. The van der Waals surface area contributed by atoms with Gasteiger partial charge >= 0.3 is 0 Å². The Kier molecular flexibility index (Phi) is 3.53. The van der Waals surface area contributed by atoms with Crippen LogP contribution in [0.5, 0.6) is 5.75 Å². The van der Waals surface area contributed by atoms with Crippen LogP contribution in [0.25, 0.3) is 0 Å². The lowest BCUT2D eigenvalue weighted by Gasteiger charge is -2.27. The smallest absolute Gasteiger partial charge is 0.121 e. The van der Waals surface area contributed by atoms with E-state index in [1.807, 2.05) is 6.07 Å². The van der Waals surface area contributed by atoms with E-state index >= 15 is 0 Å². The molecule has 2 unspecified atom stereocenters. The highest BCUT2D eigenvalue weighted by molar-refractivity contribution is 5.56. The van der Waals surface area contributed by atoms with Crippen LogP contribution in [-0.4, -0.2) is 6.10 Å². The molecule has 90 valence electrons. The van der Waals surface area contributed by atoms with Crippen molar-refractivity contribution < 1.29 is 4.74 Å². The van der Waals surface area contributed by atoms with Crippen LogP contribution in [0.2, 0.25) is 0 Å². The number of benzene rings is 1. The van der Waals surface area contributed by atoms with Crippen LogP contribution in [0, 0.1) is 17.2 Å². The molecule has 0 spiro atoms. The van der Waals surface area contributed by atoms with Crippen LogP contribution < -0.4 is 10.5 Å². The fourth-order valence-corrected chi connectivity index (χ4v) is 2.38. The Balaban J connectivity index is 2.06. The first-order valence-electron chi connectivity index (χ1n) is 6.15. The highest BCUT2D eigenvalue weighted by atomic mass is 16.5. The van der Waals surface area contributed by atoms with E-state index in [1.165, 1.54) is 12.8 Å². The molecule has 0 amide bonds. The van der Waals surface area contributed by atoms with Crippen molar-refractivity contribution in [2.45, 2.75) is 38.7 Å². The molecule has 1 aromatic rings. The number of anilines is 1. The van der Waals surface area contributed by atoms with Gasteiger partial charge in [-0.2, -0.15) is 5.26 Å². The van der Waals surface area contributed by atoms with Gasteiger partial charge in [-0.05, 0) is 43.4 Å². The van der Waals surface area contributed by atoms with Gasteiger partial charge in [-0.3, -0.25) is 0 Å². The van der Waals surface area contributed by atoms with Crippen molar-refractivity contribution in [3.63, 3.8) is 0 Å². The van der Waals surface area contributed by atoms with Gasteiger partial charge in [0.2, 0.25) is 0 Å². The molecule has 0 heterocycles.